The quantitative estimate of drug-likeness (QED) is 0.363. The molecule has 2 fully saturated rings. The summed E-state index contributed by atoms with van der Waals surface area (Å²) < 4.78 is 16.7. The Morgan fingerprint density at radius 1 is 1.15 bits per heavy atom. The number of aromatic nitrogens is 7. The molecular formula is C27H23ClFN9O2. The van der Waals surface area contributed by atoms with Crippen molar-refractivity contribution in [1.29, 1.82) is 0 Å². The van der Waals surface area contributed by atoms with Gasteiger partial charge < -0.3 is 15.2 Å². The highest BCUT2D eigenvalue weighted by Gasteiger charge is 2.42. The van der Waals surface area contributed by atoms with E-state index in [1.807, 2.05) is 11.0 Å². The van der Waals surface area contributed by atoms with Crippen molar-refractivity contribution in [2.24, 2.45) is 5.92 Å². The van der Waals surface area contributed by atoms with Crippen molar-refractivity contribution in [2.45, 2.75) is 44.2 Å². The van der Waals surface area contributed by atoms with E-state index in [-0.39, 0.29) is 40.4 Å². The maximum absolute atomic E-state index is 15.3. The Hall–Kier alpha value is -4.45. The van der Waals surface area contributed by atoms with Crippen molar-refractivity contribution >= 4 is 34.7 Å². The predicted octanol–water partition coefficient (Wildman–Crippen LogP) is 4.11. The minimum Gasteiger partial charge on any atom is -0.340 e. The molecule has 2 aliphatic heterocycles. The Morgan fingerprint density at radius 3 is 2.83 bits per heavy atom. The second kappa shape index (κ2) is 9.63. The fourth-order valence-corrected chi connectivity index (χ4v) is 5.81. The molecule has 0 unspecified atom stereocenters. The fraction of sp³-hybridized carbons (Fsp3) is 0.296. The molecule has 0 bridgehead atoms. The Kier molecular flexibility index (Phi) is 5.92. The fourth-order valence-electron chi connectivity index (χ4n) is 5.66. The number of nitrogens with zero attached hydrogens (tertiary/aromatic N) is 7. The van der Waals surface area contributed by atoms with Gasteiger partial charge in [-0.15, -0.1) is 5.10 Å². The summed E-state index contributed by atoms with van der Waals surface area (Å²) in [4.78, 5) is 39.8. The van der Waals surface area contributed by atoms with Gasteiger partial charge in [0.1, 0.15) is 12.2 Å². The molecule has 3 aliphatic rings. The van der Waals surface area contributed by atoms with Crippen LogP contribution in [-0.2, 0) is 9.59 Å². The largest absolute Gasteiger partial charge is 0.340 e. The van der Waals surface area contributed by atoms with E-state index in [9.17, 15) is 9.59 Å². The molecule has 40 heavy (non-hydrogen) atoms. The Bertz CT molecular complexity index is 1660. The molecule has 1 aliphatic carbocycles. The van der Waals surface area contributed by atoms with E-state index in [4.69, 9.17) is 11.6 Å². The first-order valence-electron chi connectivity index (χ1n) is 13.0. The van der Waals surface area contributed by atoms with Crippen LogP contribution in [0, 0.1) is 11.7 Å². The molecule has 1 saturated heterocycles. The van der Waals surface area contributed by atoms with Crippen LogP contribution in [0.4, 0.5) is 10.1 Å². The topological polar surface area (TPSA) is 135 Å². The van der Waals surface area contributed by atoms with Crippen LogP contribution in [0.1, 0.15) is 49.5 Å². The summed E-state index contributed by atoms with van der Waals surface area (Å²) in [7, 11) is 0. The molecule has 0 radical (unpaired) electrons. The van der Waals surface area contributed by atoms with E-state index in [1.54, 1.807) is 24.7 Å². The van der Waals surface area contributed by atoms with E-state index >= 15 is 4.39 Å². The van der Waals surface area contributed by atoms with E-state index in [1.165, 1.54) is 23.2 Å². The maximum Gasteiger partial charge on any atom is 0.247 e. The van der Waals surface area contributed by atoms with Gasteiger partial charge in [0.05, 0.1) is 40.5 Å². The average Bonchev–Trinajstić information content (AvgIpc) is 3.30. The molecule has 4 aromatic rings. The number of hydrogen-bond acceptors (Lipinski definition) is 7. The van der Waals surface area contributed by atoms with Crippen LogP contribution in [-0.4, -0.2) is 57.9 Å². The number of H-pyrrole nitrogens is 1. The molecule has 2 N–H and O–H groups in total. The third-order valence-corrected chi connectivity index (χ3v) is 8.02. The molecular weight excluding hydrogens is 537 g/mol. The van der Waals surface area contributed by atoms with Gasteiger partial charge in [-0.05, 0) is 66.3 Å². The molecule has 0 spiro atoms. The number of nitrogens with one attached hydrogen (secondary N) is 2. The second-order valence-corrected chi connectivity index (χ2v) is 10.7. The molecule has 11 nitrogen and oxygen atoms in total. The van der Waals surface area contributed by atoms with Gasteiger partial charge in [0.15, 0.2) is 5.82 Å². The molecule has 2 amide bonds. The summed E-state index contributed by atoms with van der Waals surface area (Å²) in [5.41, 5.74) is 3.28. The van der Waals surface area contributed by atoms with Gasteiger partial charge in [0, 0.05) is 35.4 Å². The number of amides is 2. The molecule has 5 heterocycles. The van der Waals surface area contributed by atoms with E-state index < -0.39 is 5.82 Å². The van der Waals surface area contributed by atoms with Crippen LogP contribution in [0.3, 0.4) is 0 Å². The van der Waals surface area contributed by atoms with Crippen LogP contribution in [0.5, 0.6) is 0 Å². The summed E-state index contributed by atoms with van der Waals surface area (Å²) in [6.07, 6.45) is 11.5. The standard InChI is InChI=1S/C27H23ClFN9O2/c28-18-4-6-21(37-13-32-35-36-37)24(25(18)29)15-9-16-3-5-22(38(16)23(39)10-15)26-31-12-20(33-26)17-7-8-30-11-19(17)34-27(40)14-1-2-14/h4,6-8,10-14,16,22H,1-3,5,9H2,(H,31,33)(H,34,40)/t16-,22-/m1/s1. The third-order valence-electron chi connectivity index (χ3n) is 7.73. The molecule has 7 rings (SSSR count). The van der Waals surface area contributed by atoms with Crippen LogP contribution in [0.25, 0.3) is 22.5 Å². The van der Waals surface area contributed by atoms with E-state index in [2.05, 4.69) is 35.8 Å². The van der Waals surface area contributed by atoms with Crippen LogP contribution >= 0.6 is 11.6 Å². The number of halogens is 2. The SMILES string of the molecule is O=C(Nc1cnccc1-c1cnc([C@H]2CC[C@@H]3CC(c4c(-n5cnnn5)ccc(Cl)c4F)=CC(=O)N32)[nH]1)C1CC1. The Morgan fingerprint density at radius 2 is 2.02 bits per heavy atom. The average molecular weight is 560 g/mol. The van der Waals surface area contributed by atoms with Crippen molar-refractivity contribution in [2.75, 3.05) is 5.32 Å². The molecule has 1 saturated carbocycles. The lowest BCUT2D eigenvalue weighted by Crippen LogP contribution is -2.39. The summed E-state index contributed by atoms with van der Waals surface area (Å²) in [5.74, 6) is -0.131. The number of imidazole rings is 1. The Labute approximate surface area is 232 Å². The first-order chi connectivity index (χ1) is 19.5. The summed E-state index contributed by atoms with van der Waals surface area (Å²) >= 11 is 6.13. The molecule has 202 valence electrons. The summed E-state index contributed by atoms with van der Waals surface area (Å²) in [6, 6.07) is 4.50. The highest BCUT2D eigenvalue weighted by Crippen LogP contribution is 2.44. The first kappa shape index (κ1) is 24.6. The number of benzene rings is 1. The number of carbonyl (C=O) groups excluding carboxylic acids is 2. The molecule has 1 aromatic carbocycles. The van der Waals surface area contributed by atoms with Crippen molar-refractivity contribution < 1.29 is 14.0 Å². The predicted molar refractivity (Wildman–Crippen MR) is 142 cm³/mol. The number of pyridine rings is 1. The smallest absolute Gasteiger partial charge is 0.247 e. The minimum absolute atomic E-state index is 0.00601. The first-order valence-corrected chi connectivity index (χ1v) is 13.4. The second-order valence-electron chi connectivity index (χ2n) is 10.2. The van der Waals surface area contributed by atoms with Crippen molar-refractivity contribution in [3.63, 3.8) is 0 Å². The zero-order chi connectivity index (χ0) is 27.4. The van der Waals surface area contributed by atoms with Gasteiger partial charge in [-0.2, -0.15) is 4.68 Å². The number of carbonyl (C=O) groups is 2. The summed E-state index contributed by atoms with van der Waals surface area (Å²) in [6.45, 7) is 0. The number of anilines is 1. The zero-order valence-electron chi connectivity index (χ0n) is 21.1. The molecule has 13 heteroatoms. The Balaban J connectivity index is 1.17. The summed E-state index contributed by atoms with van der Waals surface area (Å²) in [5, 5.41) is 14.1. The highest BCUT2D eigenvalue weighted by molar-refractivity contribution is 6.31. The van der Waals surface area contributed by atoms with E-state index in [0.29, 0.717) is 35.6 Å². The van der Waals surface area contributed by atoms with Crippen molar-refractivity contribution in [3.8, 4) is 16.9 Å². The van der Waals surface area contributed by atoms with Crippen molar-refractivity contribution in [1.82, 2.24) is 40.1 Å². The number of fused-ring (bicyclic) bond motifs is 1. The number of aromatic amines is 1. The van der Waals surface area contributed by atoms with Gasteiger partial charge in [0.25, 0.3) is 0 Å². The lowest BCUT2D eigenvalue weighted by molar-refractivity contribution is -0.129. The van der Waals surface area contributed by atoms with Crippen molar-refractivity contribution in [3.05, 3.63) is 71.4 Å². The maximum atomic E-state index is 15.3. The molecule has 2 atom stereocenters. The zero-order valence-corrected chi connectivity index (χ0v) is 21.8. The lowest BCUT2D eigenvalue weighted by Gasteiger charge is -2.33. The monoisotopic (exact) mass is 559 g/mol. The third kappa shape index (κ3) is 4.24. The van der Waals surface area contributed by atoms with Gasteiger partial charge in [-0.1, -0.05) is 11.6 Å². The van der Waals surface area contributed by atoms with Gasteiger partial charge in [-0.25, -0.2) is 9.37 Å². The lowest BCUT2D eigenvalue weighted by atomic mass is 9.92. The van der Waals surface area contributed by atoms with E-state index in [0.717, 1.165) is 30.5 Å². The molecule has 3 aromatic heterocycles. The van der Waals surface area contributed by atoms with Gasteiger partial charge in [-0.3, -0.25) is 14.6 Å². The van der Waals surface area contributed by atoms with Crippen LogP contribution in [0.2, 0.25) is 5.02 Å². The minimum atomic E-state index is -0.616. The highest BCUT2D eigenvalue weighted by atomic mass is 35.5. The van der Waals surface area contributed by atoms with Gasteiger partial charge >= 0.3 is 0 Å². The normalized spacial score (nSPS) is 20.4. The van der Waals surface area contributed by atoms with Gasteiger partial charge in [0.2, 0.25) is 11.8 Å². The van der Waals surface area contributed by atoms with Crippen LogP contribution in [0.15, 0.2) is 49.2 Å². The number of tetrazole rings is 1. The number of rotatable bonds is 6. The van der Waals surface area contributed by atoms with Crippen LogP contribution < -0.4 is 5.32 Å². The number of hydrogen-bond donors (Lipinski definition) is 2.